The van der Waals surface area contributed by atoms with Crippen molar-refractivity contribution in [3.63, 3.8) is 0 Å². The number of hydrogen-bond donors (Lipinski definition) is 2. The monoisotopic (exact) mass is 296 g/mol. The predicted molar refractivity (Wildman–Crippen MR) is 81.1 cm³/mol. The van der Waals surface area contributed by atoms with E-state index in [1.54, 1.807) is 0 Å². The lowest BCUT2D eigenvalue weighted by Gasteiger charge is -2.41. The lowest BCUT2D eigenvalue weighted by Crippen LogP contribution is -2.51. The van der Waals surface area contributed by atoms with Crippen LogP contribution in [0.15, 0.2) is 0 Å². The first-order valence-electron chi connectivity index (χ1n) is 8.29. The van der Waals surface area contributed by atoms with Crippen molar-refractivity contribution in [2.45, 2.75) is 64.8 Å². The third kappa shape index (κ3) is 3.50. The molecule has 2 fully saturated rings. The average Bonchev–Trinajstić information content (AvgIpc) is 2.95. The van der Waals surface area contributed by atoms with Crippen molar-refractivity contribution in [2.24, 2.45) is 11.3 Å². The van der Waals surface area contributed by atoms with Crippen LogP contribution in [0.4, 0.5) is 4.79 Å². The number of carbonyl (C=O) groups excluding carboxylic acids is 1. The van der Waals surface area contributed by atoms with Crippen molar-refractivity contribution in [3.8, 4) is 0 Å². The molecular formula is C16H28N2O3. The fraction of sp³-hybridized carbons (Fsp3) is 0.875. The Morgan fingerprint density at radius 2 is 1.81 bits per heavy atom. The molecular weight excluding hydrogens is 268 g/mol. The number of carbonyl (C=O) groups is 2. The number of nitrogens with one attached hydrogen (secondary N) is 1. The van der Waals surface area contributed by atoms with Gasteiger partial charge < -0.3 is 15.3 Å². The molecule has 1 heterocycles. The van der Waals surface area contributed by atoms with Gasteiger partial charge in [0.2, 0.25) is 0 Å². The number of likely N-dealkylation sites (tertiary alicyclic amines) is 1. The van der Waals surface area contributed by atoms with Gasteiger partial charge in [-0.15, -0.1) is 0 Å². The van der Waals surface area contributed by atoms with Crippen molar-refractivity contribution < 1.29 is 14.7 Å². The van der Waals surface area contributed by atoms with Gasteiger partial charge >= 0.3 is 12.0 Å². The van der Waals surface area contributed by atoms with E-state index in [2.05, 4.69) is 19.2 Å². The first-order valence-corrected chi connectivity index (χ1v) is 8.29. The van der Waals surface area contributed by atoms with E-state index >= 15 is 0 Å². The second-order valence-corrected chi connectivity index (χ2v) is 6.63. The van der Waals surface area contributed by atoms with Gasteiger partial charge in [-0.05, 0) is 31.1 Å². The Balaban J connectivity index is 1.86. The molecule has 5 heteroatoms. The molecule has 2 aliphatic rings. The highest BCUT2D eigenvalue weighted by Gasteiger charge is 2.37. The minimum atomic E-state index is -0.785. The molecule has 0 aromatic heterocycles. The zero-order valence-corrected chi connectivity index (χ0v) is 13.2. The highest BCUT2D eigenvalue weighted by molar-refractivity contribution is 5.77. The van der Waals surface area contributed by atoms with Crippen LogP contribution in [-0.4, -0.2) is 41.1 Å². The lowest BCUT2D eigenvalue weighted by atomic mass is 9.74. The van der Waals surface area contributed by atoms with Crippen molar-refractivity contribution in [1.29, 1.82) is 0 Å². The van der Waals surface area contributed by atoms with Gasteiger partial charge in [0.15, 0.2) is 0 Å². The molecule has 1 aliphatic heterocycles. The fourth-order valence-corrected chi connectivity index (χ4v) is 3.82. The SMILES string of the molecule is CCC1(CC)CCN(C(=O)NC2CCCC2C(=O)O)CC1. The van der Waals surface area contributed by atoms with Crippen LogP contribution < -0.4 is 5.32 Å². The molecule has 2 N–H and O–H groups in total. The van der Waals surface area contributed by atoms with E-state index in [1.165, 1.54) is 12.8 Å². The largest absolute Gasteiger partial charge is 0.481 e. The number of rotatable bonds is 4. The number of aliphatic carboxylic acids is 1. The zero-order chi connectivity index (χ0) is 15.5. The Morgan fingerprint density at radius 3 is 2.33 bits per heavy atom. The van der Waals surface area contributed by atoms with E-state index in [4.69, 9.17) is 0 Å². The van der Waals surface area contributed by atoms with E-state index < -0.39 is 11.9 Å². The second kappa shape index (κ2) is 6.67. The van der Waals surface area contributed by atoms with Crippen LogP contribution in [0.1, 0.15) is 58.8 Å². The van der Waals surface area contributed by atoms with Crippen molar-refractivity contribution in [1.82, 2.24) is 10.2 Å². The predicted octanol–water partition coefficient (Wildman–Crippen LogP) is 2.85. The number of carboxylic acid groups (broad SMARTS) is 1. The standard InChI is InChI=1S/C16H28N2O3/c1-3-16(4-2)8-10-18(11-9-16)15(21)17-13-7-5-6-12(13)14(19)20/h12-13H,3-11H2,1-2H3,(H,17,21)(H,19,20). The lowest BCUT2D eigenvalue weighted by molar-refractivity contribution is -0.142. The molecule has 0 radical (unpaired) electrons. The molecule has 1 saturated carbocycles. The number of nitrogens with zero attached hydrogens (tertiary/aromatic N) is 1. The van der Waals surface area contributed by atoms with E-state index in [1.807, 2.05) is 4.90 Å². The first kappa shape index (κ1) is 16.1. The van der Waals surface area contributed by atoms with E-state index in [-0.39, 0.29) is 12.1 Å². The van der Waals surface area contributed by atoms with Gasteiger partial charge in [0.25, 0.3) is 0 Å². The Bertz CT molecular complexity index is 383. The quantitative estimate of drug-likeness (QED) is 0.838. The summed E-state index contributed by atoms with van der Waals surface area (Å²) in [7, 11) is 0. The molecule has 2 atom stereocenters. The summed E-state index contributed by atoms with van der Waals surface area (Å²) >= 11 is 0. The molecule has 1 saturated heterocycles. The van der Waals surface area contributed by atoms with Crippen LogP contribution in [0.25, 0.3) is 0 Å². The molecule has 0 aromatic carbocycles. The highest BCUT2D eigenvalue weighted by atomic mass is 16.4. The van der Waals surface area contributed by atoms with Gasteiger partial charge in [0, 0.05) is 19.1 Å². The van der Waals surface area contributed by atoms with Gasteiger partial charge in [-0.3, -0.25) is 4.79 Å². The maximum Gasteiger partial charge on any atom is 0.317 e. The minimum Gasteiger partial charge on any atom is -0.481 e. The van der Waals surface area contributed by atoms with Crippen LogP contribution in [0, 0.1) is 11.3 Å². The Morgan fingerprint density at radius 1 is 1.19 bits per heavy atom. The third-order valence-electron chi connectivity index (χ3n) is 5.75. The number of piperidine rings is 1. The minimum absolute atomic E-state index is 0.0750. The first-order chi connectivity index (χ1) is 10.0. The Labute approximate surface area is 127 Å². The summed E-state index contributed by atoms with van der Waals surface area (Å²) < 4.78 is 0. The van der Waals surface area contributed by atoms with E-state index in [0.717, 1.165) is 38.8 Å². The summed E-state index contributed by atoms with van der Waals surface area (Å²) in [5, 5.41) is 12.1. The molecule has 2 amide bonds. The summed E-state index contributed by atoms with van der Waals surface area (Å²) in [5.74, 6) is -1.20. The summed E-state index contributed by atoms with van der Waals surface area (Å²) in [4.78, 5) is 25.4. The van der Waals surface area contributed by atoms with Crippen LogP contribution in [0.3, 0.4) is 0 Å². The molecule has 0 bridgehead atoms. The molecule has 0 aromatic rings. The van der Waals surface area contributed by atoms with Crippen molar-refractivity contribution in [2.75, 3.05) is 13.1 Å². The molecule has 1 aliphatic carbocycles. The topological polar surface area (TPSA) is 69.6 Å². The van der Waals surface area contributed by atoms with E-state index in [0.29, 0.717) is 11.8 Å². The maximum absolute atomic E-state index is 12.3. The normalized spacial score (nSPS) is 28.4. The van der Waals surface area contributed by atoms with Crippen LogP contribution in [0.5, 0.6) is 0 Å². The number of amides is 2. The Kier molecular flexibility index (Phi) is 5.12. The van der Waals surface area contributed by atoms with Gasteiger partial charge in [0.05, 0.1) is 5.92 Å². The van der Waals surface area contributed by atoms with Crippen molar-refractivity contribution in [3.05, 3.63) is 0 Å². The van der Waals surface area contributed by atoms with Gasteiger partial charge in [-0.2, -0.15) is 0 Å². The number of hydrogen-bond acceptors (Lipinski definition) is 2. The zero-order valence-electron chi connectivity index (χ0n) is 13.2. The summed E-state index contributed by atoms with van der Waals surface area (Å²) in [6, 6.07) is -0.270. The summed E-state index contributed by atoms with van der Waals surface area (Å²) in [6.45, 7) is 6.04. The fourth-order valence-electron chi connectivity index (χ4n) is 3.82. The second-order valence-electron chi connectivity index (χ2n) is 6.63. The van der Waals surface area contributed by atoms with Crippen molar-refractivity contribution >= 4 is 12.0 Å². The van der Waals surface area contributed by atoms with Crippen LogP contribution in [0.2, 0.25) is 0 Å². The van der Waals surface area contributed by atoms with Gasteiger partial charge in [-0.25, -0.2) is 4.79 Å². The molecule has 5 nitrogen and oxygen atoms in total. The van der Waals surface area contributed by atoms with Crippen LogP contribution in [-0.2, 0) is 4.79 Å². The van der Waals surface area contributed by atoms with E-state index in [9.17, 15) is 14.7 Å². The third-order valence-corrected chi connectivity index (χ3v) is 5.75. The molecule has 0 spiro atoms. The highest BCUT2D eigenvalue weighted by Crippen LogP contribution is 2.38. The summed E-state index contributed by atoms with van der Waals surface area (Å²) in [5.41, 5.74) is 0.397. The Hall–Kier alpha value is -1.26. The molecule has 2 unspecified atom stereocenters. The van der Waals surface area contributed by atoms with Crippen LogP contribution >= 0.6 is 0 Å². The molecule has 2 rings (SSSR count). The number of urea groups is 1. The maximum atomic E-state index is 12.3. The van der Waals surface area contributed by atoms with Gasteiger partial charge in [0.1, 0.15) is 0 Å². The smallest absolute Gasteiger partial charge is 0.317 e. The summed E-state index contributed by atoms with van der Waals surface area (Å²) in [6.07, 6.45) is 6.79. The number of carboxylic acids is 1. The van der Waals surface area contributed by atoms with Gasteiger partial charge in [-0.1, -0.05) is 33.1 Å². The molecule has 21 heavy (non-hydrogen) atoms. The molecule has 120 valence electrons. The average molecular weight is 296 g/mol.